The van der Waals surface area contributed by atoms with Crippen LogP contribution in [0.25, 0.3) is 0 Å². The summed E-state index contributed by atoms with van der Waals surface area (Å²) in [5.74, 6) is 2.10. The van der Waals surface area contributed by atoms with Gasteiger partial charge in [0.25, 0.3) is 0 Å². The highest BCUT2D eigenvalue weighted by Gasteiger charge is 2.29. The van der Waals surface area contributed by atoms with Gasteiger partial charge < -0.3 is 20.1 Å². The van der Waals surface area contributed by atoms with Gasteiger partial charge in [-0.3, -0.25) is 9.79 Å². The zero-order valence-corrected chi connectivity index (χ0v) is 19.5. The molecule has 1 saturated heterocycles. The standard InChI is InChI=1S/C20H34N6O.HI/c1-3-22-20(24-10-5-9-23-19(27)17-6-4-7-17)25-12-8-16(2)18(14-25)26-13-11-21-15-26;/h11,13,15-18H,3-10,12,14H2,1-2H3,(H,22,24)(H,23,27);1H. The lowest BCUT2D eigenvalue weighted by Crippen LogP contribution is -2.49. The van der Waals surface area contributed by atoms with E-state index in [9.17, 15) is 4.79 Å². The summed E-state index contributed by atoms with van der Waals surface area (Å²) >= 11 is 0. The number of likely N-dealkylation sites (tertiary alicyclic amines) is 1. The number of amides is 1. The van der Waals surface area contributed by atoms with Crippen molar-refractivity contribution in [2.45, 2.75) is 52.0 Å². The van der Waals surface area contributed by atoms with E-state index in [0.29, 0.717) is 18.5 Å². The predicted octanol–water partition coefficient (Wildman–Crippen LogP) is 2.66. The first-order valence-electron chi connectivity index (χ1n) is 10.5. The maximum absolute atomic E-state index is 11.9. The molecule has 2 heterocycles. The second kappa shape index (κ2) is 11.6. The largest absolute Gasteiger partial charge is 0.357 e. The number of piperidine rings is 1. The topological polar surface area (TPSA) is 74.6 Å². The third kappa shape index (κ3) is 6.09. The van der Waals surface area contributed by atoms with Crippen LogP contribution in [0.4, 0.5) is 0 Å². The fourth-order valence-corrected chi connectivity index (χ4v) is 3.81. The first-order chi connectivity index (χ1) is 13.2. The second-order valence-electron chi connectivity index (χ2n) is 7.80. The number of nitrogens with one attached hydrogen (secondary N) is 2. The molecule has 158 valence electrons. The number of carbonyl (C=O) groups excluding carboxylic acids is 1. The Labute approximate surface area is 185 Å². The molecule has 28 heavy (non-hydrogen) atoms. The number of nitrogens with zero attached hydrogens (tertiary/aromatic N) is 4. The Balaban J connectivity index is 0.00000280. The molecule has 2 N–H and O–H groups in total. The molecule has 0 bridgehead atoms. The molecular formula is C20H35IN6O. The second-order valence-corrected chi connectivity index (χ2v) is 7.80. The van der Waals surface area contributed by atoms with Gasteiger partial charge >= 0.3 is 0 Å². The molecule has 1 saturated carbocycles. The SMILES string of the molecule is CCNC(=NCCCNC(=O)C1CCC1)N1CCC(C)C(n2ccnc2)C1.I. The Morgan fingerprint density at radius 2 is 2.11 bits per heavy atom. The van der Waals surface area contributed by atoms with Crippen LogP contribution in [0.2, 0.25) is 0 Å². The zero-order chi connectivity index (χ0) is 19.1. The molecule has 3 rings (SSSR count). The lowest BCUT2D eigenvalue weighted by molar-refractivity contribution is -0.127. The number of hydrogen-bond acceptors (Lipinski definition) is 3. The van der Waals surface area contributed by atoms with Crippen molar-refractivity contribution >= 4 is 35.8 Å². The average molecular weight is 502 g/mol. The summed E-state index contributed by atoms with van der Waals surface area (Å²) in [6, 6.07) is 0.423. The van der Waals surface area contributed by atoms with Gasteiger partial charge in [-0.1, -0.05) is 13.3 Å². The molecule has 0 spiro atoms. The van der Waals surface area contributed by atoms with Crippen LogP contribution in [0.5, 0.6) is 0 Å². The van der Waals surface area contributed by atoms with Crippen molar-refractivity contribution in [1.29, 1.82) is 0 Å². The number of hydrogen-bond donors (Lipinski definition) is 2. The minimum atomic E-state index is 0. The number of imidazole rings is 1. The molecule has 0 aromatic carbocycles. The summed E-state index contributed by atoms with van der Waals surface area (Å²) < 4.78 is 2.22. The van der Waals surface area contributed by atoms with E-state index in [2.05, 4.69) is 45.1 Å². The summed E-state index contributed by atoms with van der Waals surface area (Å²) in [7, 11) is 0. The Hall–Kier alpha value is -1.32. The number of rotatable bonds is 7. The number of halogens is 1. The fraction of sp³-hybridized carbons (Fsp3) is 0.750. The van der Waals surface area contributed by atoms with Crippen LogP contribution in [-0.4, -0.2) is 59.0 Å². The zero-order valence-electron chi connectivity index (χ0n) is 17.1. The molecule has 0 radical (unpaired) electrons. The molecule has 1 aliphatic heterocycles. The Bertz CT molecular complexity index is 616. The monoisotopic (exact) mass is 502 g/mol. The normalized spacial score (nSPS) is 22.9. The van der Waals surface area contributed by atoms with Gasteiger partial charge in [-0.15, -0.1) is 24.0 Å². The molecule has 1 aliphatic carbocycles. The van der Waals surface area contributed by atoms with Crippen molar-refractivity contribution in [2.75, 3.05) is 32.7 Å². The molecular weight excluding hydrogens is 467 g/mol. The maximum atomic E-state index is 11.9. The summed E-state index contributed by atoms with van der Waals surface area (Å²) in [5, 5.41) is 6.48. The third-order valence-electron chi connectivity index (χ3n) is 5.83. The van der Waals surface area contributed by atoms with Crippen molar-refractivity contribution in [3.8, 4) is 0 Å². The van der Waals surface area contributed by atoms with Crippen LogP contribution in [0.3, 0.4) is 0 Å². The maximum Gasteiger partial charge on any atom is 0.223 e. The van der Waals surface area contributed by atoms with Crippen LogP contribution in [-0.2, 0) is 4.79 Å². The van der Waals surface area contributed by atoms with Crippen molar-refractivity contribution in [3.63, 3.8) is 0 Å². The summed E-state index contributed by atoms with van der Waals surface area (Å²) in [4.78, 5) is 23.3. The van der Waals surface area contributed by atoms with Crippen molar-refractivity contribution in [1.82, 2.24) is 25.1 Å². The Kier molecular flexibility index (Phi) is 9.53. The quantitative estimate of drug-likeness (QED) is 0.260. The number of aromatic nitrogens is 2. The van der Waals surface area contributed by atoms with E-state index in [1.165, 1.54) is 6.42 Å². The molecule has 2 atom stereocenters. The van der Waals surface area contributed by atoms with E-state index in [1.807, 2.05) is 12.5 Å². The molecule has 1 amide bonds. The van der Waals surface area contributed by atoms with E-state index >= 15 is 0 Å². The van der Waals surface area contributed by atoms with E-state index in [0.717, 1.165) is 57.8 Å². The van der Waals surface area contributed by atoms with Crippen LogP contribution < -0.4 is 10.6 Å². The summed E-state index contributed by atoms with van der Waals surface area (Å²) in [5.41, 5.74) is 0. The lowest BCUT2D eigenvalue weighted by atomic mass is 9.85. The Morgan fingerprint density at radius 1 is 1.29 bits per heavy atom. The highest BCUT2D eigenvalue weighted by Crippen LogP contribution is 2.27. The number of guanidine groups is 1. The third-order valence-corrected chi connectivity index (χ3v) is 5.83. The first kappa shape index (κ1) is 23.0. The van der Waals surface area contributed by atoms with Gasteiger partial charge in [0.1, 0.15) is 0 Å². The first-order valence-corrected chi connectivity index (χ1v) is 10.5. The highest BCUT2D eigenvalue weighted by molar-refractivity contribution is 14.0. The smallest absolute Gasteiger partial charge is 0.223 e. The molecule has 2 unspecified atom stereocenters. The molecule has 2 aliphatic rings. The van der Waals surface area contributed by atoms with Crippen LogP contribution in [0.1, 0.15) is 52.0 Å². The van der Waals surface area contributed by atoms with Gasteiger partial charge in [0.2, 0.25) is 5.91 Å². The molecule has 1 aromatic rings. The average Bonchev–Trinajstić information content (AvgIpc) is 3.14. The number of aliphatic imine (C=N–C) groups is 1. The molecule has 2 fully saturated rings. The molecule has 8 heteroatoms. The van der Waals surface area contributed by atoms with Crippen LogP contribution in [0.15, 0.2) is 23.7 Å². The van der Waals surface area contributed by atoms with Gasteiger partial charge in [-0.2, -0.15) is 0 Å². The minimum absolute atomic E-state index is 0. The van der Waals surface area contributed by atoms with E-state index < -0.39 is 0 Å². The predicted molar refractivity (Wildman–Crippen MR) is 123 cm³/mol. The van der Waals surface area contributed by atoms with Gasteiger partial charge in [-0.25, -0.2) is 4.98 Å². The van der Waals surface area contributed by atoms with Crippen molar-refractivity contribution in [2.24, 2.45) is 16.8 Å². The van der Waals surface area contributed by atoms with E-state index in [1.54, 1.807) is 0 Å². The van der Waals surface area contributed by atoms with Crippen molar-refractivity contribution < 1.29 is 4.79 Å². The van der Waals surface area contributed by atoms with Crippen LogP contribution >= 0.6 is 24.0 Å². The Morgan fingerprint density at radius 3 is 2.75 bits per heavy atom. The lowest BCUT2D eigenvalue weighted by Gasteiger charge is -2.39. The van der Waals surface area contributed by atoms with Gasteiger partial charge in [0.05, 0.1) is 12.4 Å². The van der Waals surface area contributed by atoms with E-state index in [4.69, 9.17) is 4.99 Å². The highest BCUT2D eigenvalue weighted by atomic mass is 127. The molecule has 1 aromatic heterocycles. The fourth-order valence-electron chi connectivity index (χ4n) is 3.81. The molecule has 7 nitrogen and oxygen atoms in total. The summed E-state index contributed by atoms with van der Waals surface area (Å²) in [6.07, 6.45) is 11.2. The van der Waals surface area contributed by atoms with Crippen LogP contribution in [0, 0.1) is 11.8 Å². The summed E-state index contributed by atoms with van der Waals surface area (Å²) in [6.45, 7) is 8.70. The minimum Gasteiger partial charge on any atom is -0.357 e. The van der Waals surface area contributed by atoms with E-state index in [-0.39, 0.29) is 35.8 Å². The van der Waals surface area contributed by atoms with Gasteiger partial charge in [-0.05, 0) is 38.5 Å². The van der Waals surface area contributed by atoms with Gasteiger partial charge in [0.15, 0.2) is 5.96 Å². The van der Waals surface area contributed by atoms with Gasteiger partial charge in [0, 0.05) is 51.0 Å². The van der Waals surface area contributed by atoms with Crippen molar-refractivity contribution in [3.05, 3.63) is 18.7 Å². The number of carbonyl (C=O) groups is 1.